The van der Waals surface area contributed by atoms with Crippen molar-refractivity contribution in [3.63, 3.8) is 0 Å². The summed E-state index contributed by atoms with van der Waals surface area (Å²) >= 11 is 5.84. The molecule has 2 aliphatic rings. The Hall–Kier alpha value is -2.67. The zero-order valence-corrected chi connectivity index (χ0v) is 16.1. The van der Waals surface area contributed by atoms with Crippen LogP contribution in [0.15, 0.2) is 39.9 Å². The molecule has 0 aliphatic heterocycles. The van der Waals surface area contributed by atoms with Crippen LogP contribution in [0.2, 0.25) is 5.02 Å². The lowest BCUT2D eigenvalue weighted by molar-refractivity contribution is -0.384. The molecule has 0 bridgehead atoms. The monoisotopic (exact) mass is 401 g/mol. The van der Waals surface area contributed by atoms with Crippen molar-refractivity contribution in [2.24, 2.45) is 22.4 Å². The number of nitro groups is 1. The lowest BCUT2D eigenvalue weighted by Gasteiger charge is -2.15. The quantitative estimate of drug-likeness (QED) is 0.442. The minimum absolute atomic E-state index is 0.0380. The smallest absolute Gasteiger partial charge is 0.281 e. The number of fused-ring (bicyclic) bond motifs is 1. The van der Waals surface area contributed by atoms with Gasteiger partial charge in [0.15, 0.2) is 0 Å². The SMILES string of the molecule is C[C@]12CCCC[C@@H]1[C@H]2C(=O)N/N=C\c1ccc(-c2ccc(Cl)cc2[N+](=O)[O-])o1. The number of halogens is 1. The highest BCUT2D eigenvalue weighted by molar-refractivity contribution is 6.30. The van der Waals surface area contributed by atoms with E-state index in [1.54, 1.807) is 18.2 Å². The number of hydrogen-bond donors (Lipinski definition) is 1. The molecule has 0 saturated heterocycles. The van der Waals surface area contributed by atoms with Crippen molar-refractivity contribution in [3.8, 4) is 11.3 Å². The number of furan rings is 1. The van der Waals surface area contributed by atoms with Crippen molar-refractivity contribution in [1.82, 2.24) is 5.43 Å². The summed E-state index contributed by atoms with van der Waals surface area (Å²) in [5.74, 6) is 1.18. The lowest BCUT2D eigenvalue weighted by atomic mass is 9.90. The van der Waals surface area contributed by atoms with Gasteiger partial charge in [0.1, 0.15) is 11.5 Å². The van der Waals surface area contributed by atoms with Gasteiger partial charge in [0.2, 0.25) is 5.91 Å². The van der Waals surface area contributed by atoms with E-state index in [9.17, 15) is 14.9 Å². The van der Waals surface area contributed by atoms with Crippen molar-refractivity contribution in [2.75, 3.05) is 0 Å². The Morgan fingerprint density at radius 1 is 1.39 bits per heavy atom. The van der Waals surface area contributed by atoms with Gasteiger partial charge >= 0.3 is 0 Å². The number of amides is 1. The van der Waals surface area contributed by atoms with Crippen molar-refractivity contribution in [1.29, 1.82) is 0 Å². The van der Waals surface area contributed by atoms with Crippen molar-refractivity contribution < 1.29 is 14.1 Å². The van der Waals surface area contributed by atoms with E-state index in [1.165, 1.54) is 31.2 Å². The Morgan fingerprint density at radius 2 is 2.21 bits per heavy atom. The van der Waals surface area contributed by atoms with Crippen LogP contribution in [-0.4, -0.2) is 17.0 Å². The molecule has 8 heteroatoms. The van der Waals surface area contributed by atoms with E-state index in [4.69, 9.17) is 16.0 Å². The highest BCUT2D eigenvalue weighted by Gasteiger charge is 2.64. The standard InChI is InChI=1S/C20H20ClN3O4/c1-20-9-3-2-4-15(20)18(20)19(25)23-22-11-13-6-8-17(28-13)14-7-5-12(21)10-16(14)24(26)27/h5-8,10-11,15,18H,2-4,9H2,1H3,(H,23,25)/b22-11-/t15-,18+,20+/m1/s1. The topological polar surface area (TPSA) is 97.7 Å². The third-order valence-corrected chi connectivity index (χ3v) is 6.26. The fraction of sp³-hybridized carbons (Fsp3) is 0.400. The molecule has 1 heterocycles. The molecule has 2 saturated carbocycles. The molecule has 28 heavy (non-hydrogen) atoms. The highest BCUT2D eigenvalue weighted by atomic mass is 35.5. The molecule has 1 amide bonds. The molecular weight excluding hydrogens is 382 g/mol. The molecule has 0 unspecified atom stereocenters. The van der Waals surface area contributed by atoms with Gasteiger partial charge in [0.25, 0.3) is 5.69 Å². The maximum absolute atomic E-state index is 12.4. The van der Waals surface area contributed by atoms with Crippen LogP contribution in [0.4, 0.5) is 5.69 Å². The van der Waals surface area contributed by atoms with Gasteiger partial charge in [0, 0.05) is 17.0 Å². The summed E-state index contributed by atoms with van der Waals surface area (Å²) in [5, 5.41) is 15.5. The number of hydrogen-bond acceptors (Lipinski definition) is 5. The Morgan fingerprint density at radius 3 is 2.93 bits per heavy atom. The third-order valence-electron chi connectivity index (χ3n) is 6.03. The van der Waals surface area contributed by atoms with E-state index in [-0.39, 0.29) is 28.0 Å². The van der Waals surface area contributed by atoms with Gasteiger partial charge in [-0.05, 0) is 48.4 Å². The second-order valence-corrected chi connectivity index (χ2v) is 8.13. The average Bonchev–Trinajstić information content (AvgIpc) is 3.02. The zero-order valence-electron chi connectivity index (χ0n) is 15.4. The molecule has 4 rings (SSSR count). The van der Waals surface area contributed by atoms with Crippen molar-refractivity contribution in [2.45, 2.75) is 32.6 Å². The van der Waals surface area contributed by atoms with E-state index in [0.717, 1.165) is 12.8 Å². The Kier molecular flexibility index (Phi) is 4.71. The molecule has 1 aromatic carbocycles. The number of rotatable bonds is 5. The predicted molar refractivity (Wildman–Crippen MR) is 105 cm³/mol. The maximum Gasteiger partial charge on any atom is 0.281 e. The average molecular weight is 402 g/mol. The first-order valence-electron chi connectivity index (χ1n) is 9.27. The molecule has 1 aromatic heterocycles. The molecule has 0 spiro atoms. The number of nitrogens with one attached hydrogen (secondary N) is 1. The second kappa shape index (κ2) is 7.05. The molecule has 146 valence electrons. The first-order chi connectivity index (χ1) is 13.4. The Balaban J connectivity index is 1.43. The van der Waals surface area contributed by atoms with Crippen LogP contribution in [0.5, 0.6) is 0 Å². The largest absolute Gasteiger partial charge is 0.455 e. The van der Waals surface area contributed by atoms with Crippen molar-refractivity contribution in [3.05, 3.63) is 51.2 Å². The third kappa shape index (κ3) is 3.30. The Labute approximate surface area is 166 Å². The van der Waals surface area contributed by atoms with E-state index >= 15 is 0 Å². The van der Waals surface area contributed by atoms with Gasteiger partial charge in [0.05, 0.1) is 16.7 Å². The summed E-state index contributed by atoms with van der Waals surface area (Å²) in [6.45, 7) is 2.18. The number of hydrazone groups is 1. The molecule has 3 atom stereocenters. The summed E-state index contributed by atoms with van der Waals surface area (Å²) in [6.07, 6.45) is 5.99. The summed E-state index contributed by atoms with van der Waals surface area (Å²) in [4.78, 5) is 23.1. The number of nitro benzene ring substituents is 1. The molecule has 1 N–H and O–H groups in total. The summed E-state index contributed by atoms with van der Waals surface area (Å²) in [5.41, 5.74) is 2.92. The second-order valence-electron chi connectivity index (χ2n) is 7.69. The van der Waals surface area contributed by atoms with Crippen LogP contribution in [-0.2, 0) is 4.79 Å². The number of carbonyl (C=O) groups excluding carboxylic acids is 1. The number of nitrogens with zero attached hydrogens (tertiary/aromatic N) is 2. The van der Waals surface area contributed by atoms with Gasteiger partial charge in [-0.1, -0.05) is 31.4 Å². The first kappa shape index (κ1) is 18.7. The predicted octanol–water partition coefficient (Wildman–Crippen LogP) is 4.78. The highest BCUT2D eigenvalue weighted by Crippen LogP contribution is 2.66. The van der Waals surface area contributed by atoms with Crippen LogP contribution < -0.4 is 5.43 Å². The van der Waals surface area contributed by atoms with E-state index in [0.29, 0.717) is 23.0 Å². The normalized spacial score (nSPS) is 26.1. The van der Waals surface area contributed by atoms with Crippen molar-refractivity contribution >= 4 is 29.4 Å². The van der Waals surface area contributed by atoms with Gasteiger partial charge in [-0.15, -0.1) is 0 Å². The number of carbonyl (C=O) groups is 1. The maximum atomic E-state index is 12.4. The van der Waals surface area contributed by atoms with Crippen LogP contribution in [0, 0.1) is 27.4 Å². The summed E-state index contributed by atoms with van der Waals surface area (Å²) in [6, 6.07) is 7.65. The van der Waals surface area contributed by atoms with Gasteiger partial charge in [-0.3, -0.25) is 14.9 Å². The van der Waals surface area contributed by atoms with Gasteiger partial charge in [-0.25, -0.2) is 5.43 Å². The van der Waals surface area contributed by atoms with Crippen LogP contribution >= 0.6 is 11.6 Å². The fourth-order valence-electron chi connectivity index (χ4n) is 4.51. The first-order valence-corrected chi connectivity index (χ1v) is 9.65. The molecular formula is C20H20ClN3O4. The molecule has 2 aliphatic carbocycles. The van der Waals surface area contributed by atoms with Crippen LogP contribution in [0.1, 0.15) is 38.4 Å². The minimum Gasteiger partial charge on any atom is -0.455 e. The molecule has 0 radical (unpaired) electrons. The van der Waals surface area contributed by atoms with Gasteiger partial charge in [-0.2, -0.15) is 5.10 Å². The van der Waals surface area contributed by atoms with E-state index in [1.807, 2.05) is 0 Å². The van der Waals surface area contributed by atoms with E-state index < -0.39 is 4.92 Å². The van der Waals surface area contributed by atoms with E-state index in [2.05, 4.69) is 17.5 Å². The fourth-order valence-corrected chi connectivity index (χ4v) is 4.68. The summed E-state index contributed by atoms with van der Waals surface area (Å²) in [7, 11) is 0. The Bertz CT molecular complexity index is 970. The molecule has 2 aromatic rings. The van der Waals surface area contributed by atoms with Crippen LogP contribution in [0.3, 0.4) is 0 Å². The number of benzene rings is 1. The van der Waals surface area contributed by atoms with Crippen LogP contribution in [0.25, 0.3) is 11.3 Å². The lowest BCUT2D eigenvalue weighted by Crippen LogP contribution is -2.22. The van der Waals surface area contributed by atoms with Gasteiger partial charge < -0.3 is 4.42 Å². The molecule has 2 fully saturated rings. The summed E-state index contributed by atoms with van der Waals surface area (Å²) < 4.78 is 5.62. The zero-order chi connectivity index (χ0) is 19.9. The minimum atomic E-state index is -0.507. The molecule has 7 nitrogen and oxygen atoms in total.